The largest absolute Gasteiger partial charge is 0.481 e. The minimum Gasteiger partial charge on any atom is -0.462 e. The van der Waals surface area contributed by atoms with Crippen LogP contribution in [0.4, 0.5) is 5.82 Å². The van der Waals surface area contributed by atoms with Crippen LogP contribution in [0.3, 0.4) is 0 Å². The third-order valence-electron chi connectivity index (χ3n) is 10.4. The predicted molar refractivity (Wildman–Crippen MR) is 262 cm³/mol. The minimum absolute atomic E-state index is 0.0316. The molecule has 69 heavy (non-hydrogen) atoms. The number of nitrogens with zero attached hydrogens (tertiary/aromatic N) is 2. The number of carbonyl (C=O) groups is 2. The first-order valence-electron chi connectivity index (χ1n) is 24.1. The van der Waals surface area contributed by atoms with Gasteiger partial charge < -0.3 is 45.1 Å². The lowest BCUT2D eigenvalue weighted by molar-refractivity contribution is -0.161. The normalized spacial score (nSPS) is 20.4. The Labute approximate surface area is 407 Å². The van der Waals surface area contributed by atoms with Crippen molar-refractivity contribution in [3.63, 3.8) is 0 Å². The molecule has 1 aliphatic heterocycles. The van der Waals surface area contributed by atoms with Gasteiger partial charge in [-0.3, -0.25) is 23.2 Å². The zero-order valence-corrected chi connectivity index (χ0v) is 42.0. The molecule has 19 nitrogen and oxygen atoms in total. The SMILES string of the molecule is CC/C=C/C/C=C/C=C/C(O)CCCCCCCC(=O)O[C@H](COC(=O)CCCC/C=C\C/C=C\C/C=C\CCCCC)COP(=O)(O)OP(=O)(O)OC[C@H]1O[C@@H](n2ccc(N)nc2=O)[C@H](O)[C@@H]1O. The summed E-state index contributed by atoms with van der Waals surface area (Å²) in [6, 6.07) is 1.24. The summed E-state index contributed by atoms with van der Waals surface area (Å²) < 4.78 is 56.6. The van der Waals surface area contributed by atoms with E-state index >= 15 is 0 Å². The first-order chi connectivity index (χ1) is 33.1. The number of aliphatic hydroxyl groups excluding tert-OH is 3. The summed E-state index contributed by atoms with van der Waals surface area (Å²) in [6.45, 7) is 1.84. The van der Waals surface area contributed by atoms with Gasteiger partial charge in [0.15, 0.2) is 12.3 Å². The van der Waals surface area contributed by atoms with E-state index < -0.39 is 89.8 Å². The van der Waals surface area contributed by atoms with E-state index in [1.807, 2.05) is 24.3 Å². The number of phosphoric acid groups is 2. The van der Waals surface area contributed by atoms with E-state index in [-0.39, 0.29) is 18.7 Å². The Morgan fingerprint density at radius 2 is 1.39 bits per heavy atom. The average Bonchev–Trinajstić information content (AvgIpc) is 3.58. The lowest BCUT2D eigenvalue weighted by Gasteiger charge is -2.21. The zero-order chi connectivity index (χ0) is 50.8. The van der Waals surface area contributed by atoms with Crippen molar-refractivity contribution in [2.45, 2.75) is 173 Å². The van der Waals surface area contributed by atoms with Crippen molar-refractivity contribution in [2.24, 2.45) is 0 Å². The fraction of sp³-hybridized carbons (Fsp3) is 0.625. The average molecular weight is 1010 g/mol. The van der Waals surface area contributed by atoms with Crippen LogP contribution in [-0.2, 0) is 46.3 Å². The van der Waals surface area contributed by atoms with Crippen molar-refractivity contribution < 1.29 is 71.4 Å². The van der Waals surface area contributed by atoms with Gasteiger partial charge in [0.1, 0.15) is 30.7 Å². The summed E-state index contributed by atoms with van der Waals surface area (Å²) in [4.78, 5) is 61.8. The second-order valence-electron chi connectivity index (χ2n) is 16.4. The van der Waals surface area contributed by atoms with Crippen molar-refractivity contribution in [2.75, 3.05) is 25.6 Å². The van der Waals surface area contributed by atoms with Crippen LogP contribution in [0.2, 0.25) is 0 Å². The van der Waals surface area contributed by atoms with Crippen LogP contribution in [0.1, 0.15) is 142 Å². The molecule has 390 valence electrons. The standard InChI is InChI=1S/C48H77N3O16P2/c1-3-5-7-9-11-12-13-14-15-16-17-18-20-24-28-32-43(53)62-36-40(65-44(54)33-29-25-21-23-27-31-39(52)30-26-22-19-10-8-6-4-2)37-63-68(58,59)67-69(60,61)64-38-41-45(55)46(56)47(66-41)51-35-34-42(49)50-48(51)57/h6,8,11-12,14-15,17-19,22,26,30,34-35,39-41,45-47,52,55-56H,3-5,7,9-10,13,16,20-21,23-25,27-29,31-33,36-38H2,1-2H3,(H,58,59)(H,60,61)(H2,49,50,57)/b8-6+,12-11-,15-14-,18-17-,22-19+,30-26+/t39?,40-,41-,45-,46-,47-/m1/s1. The third kappa shape index (κ3) is 29.2. The van der Waals surface area contributed by atoms with E-state index in [1.165, 1.54) is 25.3 Å². The number of hydrogen-bond acceptors (Lipinski definition) is 16. The Kier molecular flexibility index (Phi) is 32.1. The van der Waals surface area contributed by atoms with Crippen LogP contribution in [-0.4, -0.2) is 96.9 Å². The maximum Gasteiger partial charge on any atom is 0.481 e. The molecule has 7 N–H and O–H groups in total. The Morgan fingerprint density at radius 1 is 0.783 bits per heavy atom. The van der Waals surface area contributed by atoms with E-state index in [2.05, 4.69) is 65.7 Å². The number of rotatable bonds is 38. The molecular formula is C48H77N3O16P2. The van der Waals surface area contributed by atoms with Gasteiger partial charge in [0.25, 0.3) is 0 Å². The molecule has 1 aromatic rings. The molecule has 0 bridgehead atoms. The highest BCUT2D eigenvalue weighted by Crippen LogP contribution is 2.60. The lowest BCUT2D eigenvalue weighted by Crippen LogP contribution is -2.36. The summed E-state index contributed by atoms with van der Waals surface area (Å²) in [5.74, 6) is -1.43. The highest BCUT2D eigenvalue weighted by molar-refractivity contribution is 7.61. The van der Waals surface area contributed by atoms with Gasteiger partial charge in [0.05, 0.1) is 19.3 Å². The molecule has 1 aromatic heterocycles. The van der Waals surface area contributed by atoms with E-state index in [9.17, 15) is 48.6 Å². The molecule has 0 saturated carbocycles. The van der Waals surface area contributed by atoms with Crippen molar-refractivity contribution in [3.8, 4) is 0 Å². The molecule has 1 fully saturated rings. The predicted octanol–water partition coefficient (Wildman–Crippen LogP) is 8.30. The molecule has 0 aliphatic carbocycles. The maximum absolute atomic E-state index is 12.8. The summed E-state index contributed by atoms with van der Waals surface area (Å²) in [7, 11) is -10.9. The molecule has 8 atom stereocenters. The Bertz CT molecular complexity index is 1950. The molecule has 2 heterocycles. The number of carbonyl (C=O) groups excluding carboxylic acids is 2. The summed E-state index contributed by atoms with van der Waals surface area (Å²) in [5, 5.41) is 31.1. The highest BCUT2D eigenvalue weighted by Gasteiger charge is 2.46. The van der Waals surface area contributed by atoms with Gasteiger partial charge in [-0.1, -0.05) is 125 Å². The number of phosphoric ester groups is 2. The van der Waals surface area contributed by atoms with Gasteiger partial charge in [-0.2, -0.15) is 9.29 Å². The van der Waals surface area contributed by atoms with Crippen LogP contribution >= 0.6 is 15.6 Å². The topological polar surface area (TPSA) is 286 Å². The first kappa shape index (κ1) is 61.3. The van der Waals surface area contributed by atoms with Crippen LogP contribution in [0.25, 0.3) is 0 Å². The van der Waals surface area contributed by atoms with Gasteiger partial charge in [-0.25, -0.2) is 13.9 Å². The third-order valence-corrected chi connectivity index (χ3v) is 13.0. The fourth-order valence-electron chi connectivity index (χ4n) is 6.62. The summed E-state index contributed by atoms with van der Waals surface area (Å²) in [6.07, 6.45) is 31.5. The van der Waals surface area contributed by atoms with Crippen LogP contribution in [0, 0.1) is 0 Å². The lowest BCUT2D eigenvalue weighted by atomic mass is 10.1. The van der Waals surface area contributed by atoms with E-state index in [0.29, 0.717) is 32.1 Å². The van der Waals surface area contributed by atoms with Crippen molar-refractivity contribution in [3.05, 3.63) is 95.7 Å². The molecule has 3 unspecified atom stereocenters. The van der Waals surface area contributed by atoms with E-state index in [1.54, 1.807) is 6.08 Å². The molecule has 1 aliphatic rings. The second-order valence-corrected chi connectivity index (χ2v) is 19.5. The van der Waals surface area contributed by atoms with Gasteiger partial charge >= 0.3 is 33.3 Å². The number of aromatic nitrogens is 2. The number of hydrogen-bond donors (Lipinski definition) is 6. The molecule has 0 aromatic carbocycles. The number of anilines is 1. The van der Waals surface area contributed by atoms with Crippen molar-refractivity contribution >= 4 is 33.4 Å². The van der Waals surface area contributed by atoms with Crippen LogP contribution in [0.5, 0.6) is 0 Å². The van der Waals surface area contributed by atoms with Gasteiger partial charge in [-0.15, -0.1) is 0 Å². The molecule has 0 radical (unpaired) electrons. The maximum atomic E-state index is 12.8. The molecule has 0 amide bonds. The van der Waals surface area contributed by atoms with Crippen LogP contribution < -0.4 is 11.4 Å². The number of nitrogens with two attached hydrogens (primary N) is 1. The van der Waals surface area contributed by atoms with Gasteiger partial charge in [0, 0.05) is 19.0 Å². The second kappa shape index (κ2) is 36.1. The Balaban J connectivity index is 1.86. The molecule has 0 spiro atoms. The minimum atomic E-state index is -5.45. The zero-order valence-electron chi connectivity index (χ0n) is 40.2. The van der Waals surface area contributed by atoms with E-state index in [0.717, 1.165) is 68.6 Å². The number of aliphatic hydroxyl groups is 3. The summed E-state index contributed by atoms with van der Waals surface area (Å²) >= 11 is 0. The quantitative estimate of drug-likeness (QED) is 0.0119. The summed E-state index contributed by atoms with van der Waals surface area (Å²) in [5.41, 5.74) is 4.57. The number of nitrogen functional groups attached to an aromatic ring is 1. The van der Waals surface area contributed by atoms with Gasteiger partial charge in [-0.05, 0) is 76.7 Å². The fourth-order valence-corrected chi connectivity index (χ4v) is 8.73. The highest BCUT2D eigenvalue weighted by atomic mass is 31.3. The molecule has 2 rings (SSSR count). The number of unbranched alkanes of at least 4 members (excludes halogenated alkanes) is 9. The number of ether oxygens (including phenoxy) is 3. The van der Waals surface area contributed by atoms with E-state index in [4.69, 9.17) is 29.0 Å². The molecular weight excluding hydrogens is 936 g/mol. The smallest absolute Gasteiger partial charge is 0.462 e. The molecule has 21 heteroatoms. The first-order valence-corrected chi connectivity index (χ1v) is 27.0. The number of esters is 2. The van der Waals surface area contributed by atoms with Crippen LogP contribution in [0.15, 0.2) is 90.0 Å². The Morgan fingerprint density at radius 3 is 2.09 bits per heavy atom. The van der Waals surface area contributed by atoms with Crippen molar-refractivity contribution in [1.29, 1.82) is 0 Å². The Hall–Kier alpha value is -3.84. The van der Waals surface area contributed by atoms with Gasteiger partial charge in [0.2, 0.25) is 0 Å². The monoisotopic (exact) mass is 1010 g/mol. The van der Waals surface area contributed by atoms with Crippen molar-refractivity contribution in [1.82, 2.24) is 9.55 Å². The number of allylic oxidation sites excluding steroid dienone is 11. The molecule has 1 saturated heterocycles.